The number of allylic oxidation sites excluding steroid dienone is 2. The number of Topliss-reactive ketones (excluding diaryl/α,β-unsaturated/α-hetero) is 1. The Bertz CT molecular complexity index is 935. The monoisotopic (exact) mass is 379 g/mol. The van der Waals surface area contributed by atoms with Gasteiger partial charge in [-0.15, -0.1) is 0 Å². The third-order valence-corrected chi connectivity index (χ3v) is 4.70. The van der Waals surface area contributed by atoms with Gasteiger partial charge in [0.25, 0.3) is 5.69 Å². The van der Waals surface area contributed by atoms with Crippen molar-refractivity contribution in [1.29, 1.82) is 0 Å². The molecule has 6 heteroatoms. The fourth-order valence-electron chi connectivity index (χ4n) is 3.27. The quantitative estimate of drug-likeness (QED) is 0.422. The van der Waals surface area contributed by atoms with Gasteiger partial charge >= 0.3 is 0 Å². The van der Waals surface area contributed by atoms with Crippen LogP contribution in [0.1, 0.15) is 30.4 Å². The first kappa shape index (κ1) is 19.4. The number of benzene rings is 2. The Morgan fingerprint density at radius 1 is 0.929 bits per heavy atom. The van der Waals surface area contributed by atoms with Crippen molar-refractivity contribution in [2.45, 2.75) is 19.3 Å². The van der Waals surface area contributed by atoms with Crippen LogP contribution < -0.4 is 9.47 Å². The van der Waals surface area contributed by atoms with E-state index in [0.717, 1.165) is 17.5 Å². The SMILES string of the molecule is COc1cccc(OC)c1/C=C1\CCC/C(=C\c2ccc([N+](=O)[O-])cc2)C1=O. The van der Waals surface area contributed by atoms with Crippen LogP contribution in [0.25, 0.3) is 12.2 Å². The van der Waals surface area contributed by atoms with Gasteiger partial charge in [-0.25, -0.2) is 0 Å². The molecule has 1 aliphatic carbocycles. The predicted octanol–water partition coefficient (Wildman–Crippen LogP) is 4.83. The van der Waals surface area contributed by atoms with Gasteiger partial charge < -0.3 is 9.47 Å². The van der Waals surface area contributed by atoms with Crippen LogP contribution in [0, 0.1) is 10.1 Å². The van der Waals surface area contributed by atoms with E-state index in [1.54, 1.807) is 32.4 Å². The molecular weight excluding hydrogens is 358 g/mol. The van der Waals surface area contributed by atoms with E-state index in [1.165, 1.54) is 12.1 Å². The summed E-state index contributed by atoms with van der Waals surface area (Å²) in [5.41, 5.74) is 2.93. The largest absolute Gasteiger partial charge is 0.496 e. The van der Waals surface area contributed by atoms with Crippen LogP contribution >= 0.6 is 0 Å². The van der Waals surface area contributed by atoms with Crippen LogP contribution in [-0.2, 0) is 4.79 Å². The Morgan fingerprint density at radius 3 is 2.04 bits per heavy atom. The minimum absolute atomic E-state index is 0.0161. The van der Waals surface area contributed by atoms with Gasteiger partial charge in [0.1, 0.15) is 11.5 Å². The van der Waals surface area contributed by atoms with Crippen LogP contribution in [0.15, 0.2) is 53.6 Å². The number of ether oxygens (including phenoxy) is 2. The summed E-state index contributed by atoms with van der Waals surface area (Å²) in [5, 5.41) is 10.8. The van der Waals surface area contributed by atoms with Crippen LogP contribution in [-0.4, -0.2) is 24.9 Å². The molecule has 0 amide bonds. The number of nitro benzene ring substituents is 1. The van der Waals surface area contributed by atoms with Gasteiger partial charge in [0, 0.05) is 23.3 Å². The molecule has 0 spiro atoms. The van der Waals surface area contributed by atoms with E-state index in [2.05, 4.69) is 0 Å². The maximum atomic E-state index is 13.0. The highest BCUT2D eigenvalue weighted by atomic mass is 16.6. The highest BCUT2D eigenvalue weighted by Gasteiger charge is 2.22. The van der Waals surface area contributed by atoms with Crippen molar-refractivity contribution >= 4 is 23.6 Å². The predicted molar refractivity (Wildman–Crippen MR) is 107 cm³/mol. The van der Waals surface area contributed by atoms with Crippen molar-refractivity contribution in [2.24, 2.45) is 0 Å². The lowest BCUT2D eigenvalue weighted by molar-refractivity contribution is -0.384. The molecule has 144 valence electrons. The number of carbonyl (C=O) groups excluding carboxylic acids is 1. The lowest BCUT2D eigenvalue weighted by atomic mass is 9.86. The number of nitrogens with zero attached hydrogens (tertiary/aromatic N) is 1. The van der Waals surface area contributed by atoms with Crippen molar-refractivity contribution in [3.63, 3.8) is 0 Å². The van der Waals surface area contributed by atoms with E-state index in [9.17, 15) is 14.9 Å². The maximum absolute atomic E-state index is 13.0. The van der Waals surface area contributed by atoms with Crippen molar-refractivity contribution < 1.29 is 19.2 Å². The molecule has 0 aromatic heterocycles. The third-order valence-electron chi connectivity index (χ3n) is 4.70. The fourth-order valence-corrected chi connectivity index (χ4v) is 3.27. The summed E-state index contributed by atoms with van der Waals surface area (Å²) in [6.45, 7) is 0. The first-order valence-electron chi connectivity index (χ1n) is 8.94. The summed E-state index contributed by atoms with van der Waals surface area (Å²) in [7, 11) is 3.17. The van der Waals surface area contributed by atoms with Crippen molar-refractivity contribution in [3.8, 4) is 11.5 Å². The zero-order valence-electron chi connectivity index (χ0n) is 15.8. The lowest BCUT2D eigenvalue weighted by Gasteiger charge is -2.18. The number of non-ortho nitro benzene ring substituents is 1. The van der Waals surface area contributed by atoms with Gasteiger partial charge in [-0.3, -0.25) is 14.9 Å². The Kier molecular flexibility index (Phi) is 5.89. The zero-order valence-corrected chi connectivity index (χ0v) is 15.8. The average molecular weight is 379 g/mol. The topological polar surface area (TPSA) is 78.7 Å². The number of carbonyl (C=O) groups is 1. The normalized spacial score (nSPS) is 17.0. The van der Waals surface area contributed by atoms with Crippen LogP contribution in [0.2, 0.25) is 0 Å². The standard InChI is InChI=1S/C22H21NO5/c1-27-20-7-4-8-21(28-2)19(20)14-17-6-3-5-16(22(17)24)13-15-9-11-18(12-10-15)23(25)26/h4,7-14H,3,5-6H2,1-2H3/b16-13+,17-14+. The van der Waals surface area contributed by atoms with E-state index < -0.39 is 4.92 Å². The van der Waals surface area contributed by atoms with Gasteiger partial charge in [0.2, 0.25) is 0 Å². The number of methoxy groups -OCH3 is 2. The third kappa shape index (κ3) is 4.11. The first-order chi connectivity index (χ1) is 13.5. The molecule has 3 rings (SSSR count). The summed E-state index contributed by atoms with van der Waals surface area (Å²) in [6, 6.07) is 11.7. The van der Waals surface area contributed by atoms with Crippen molar-refractivity contribution in [1.82, 2.24) is 0 Å². The van der Waals surface area contributed by atoms with Crippen LogP contribution in [0.3, 0.4) is 0 Å². The van der Waals surface area contributed by atoms with E-state index in [1.807, 2.05) is 24.3 Å². The minimum Gasteiger partial charge on any atom is -0.496 e. The Morgan fingerprint density at radius 2 is 1.50 bits per heavy atom. The van der Waals surface area contributed by atoms with Crippen molar-refractivity contribution in [3.05, 3.63) is 74.9 Å². The van der Waals surface area contributed by atoms with E-state index in [4.69, 9.17) is 9.47 Å². The van der Waals surface area contributed by atoms with Gasteiger partial charge in [-0.2, -0.15) is 0 Å². The summed E-state index contributed by atoms with van der Waals surface area (Å²) in [5.74, 6) is 1.27. The van der Waals surface area contributed by atoms with E-state index >= 15 is 0 Å². The number of nitro groups is 1. The molecule has 0 N–H and O–H groups in total. The van der Waals surface area contributed by atoms with E-state index in [0.29, 0.717) is 35.5 Å². The molecule has 0 unspecified atom stereocenters. The molecule has 0 heterocycles. The fraction of sp³-hybridized carbons (Fsp3) is 0.227. The highest BCUT2D eigenvalue weighted by molar-refractivity contribution is 6.14. The molecule has 1 fully saturated rings. The van der Waals surface area contributed by atoms with Gasteiger partial charge in [0.05, 0.1) is 24.7 Å². The van der Waals surface area contributed by atoms with Gasteiger partial charge in [0.15, 0.2) is 5.78 Å². The maximum Gasteiger partial charge on any atom is 0.269 e. The summed E-state index contributed by atoms with van der Waals surface area (Å²) >= 11 is 0. The molecule has 0 atom stereocenters. The van der Waals surface area contributed by atoms with Crippen LogP contribution in [0.5, 0.6) is 11.5 Å². The Labute approximate surface area is 163 Å². The minimum atomic E-state index is -0.440. The number of hydrogen-bond donors (Lipinski definition) is 0. The second-order valence-corrected chi connectivity index (χ2v) is 6.45. The molecule has 2 aromatic carbocycles. The molecule has 1 aliphatic rings. The highest BCUT2D eigenvalue weighted by Crippen LogP contribution is 2.34. The van der Waals surface area contributed by atoms with Gasteiger partial charge in [-0.05, 0) is 61.2 Å². The van der Waals surface area contributed by atoms with Crippen LogP contribution in [0.4, 0.5) is 5.69 Å². The molecular formula is C22H21NO5. The summed E-state index contributed by atoms with van der Waals surface area (Å²) in [4.78, 5) is 23.3. The summed E-state index contributed by atoms with van der Waals surface area (Å²) < 4.78 is 10.8. The molecule has 1 saturated carbocycles. The second kappa shape index (κ2) is 8.52. The molecule has 2 aromatic rings. The Balaban J connectivity index is 1.93. The Hall–Kier alpha value is -3.41. The molecule has 28 heavy (non-hydrogen) atoms. The number of rotatable bonds is 5. The van der Waals surface area contributed by atoms with E-state index in [-0.39, 0.29) is 11.5 Å². The average Bonchev–Trinajstić information content (AvgIpc) is 2.71. The molecule has 0 bridgehead atoms. The smallest absolute Gasteiger partial charge is 0.269 e. The second-order valence-electron chi connectivity index (χ2n) is 6.45. The first-order valence-corrected chi connectivity index (χ1v) is 8.94. The number of ketones is 1. The molecule has 6 nitrogen and oxygen atoms in total. The number of hydrogen-bond acceptors (Lipinski definition) is 5. The van der Waals surface area contributed by atoms with Crippen molar-refractivity contribution in [2.75, 3.05) is 14.2 Å². The zero-order chi connectivity index (χ0) is 20.1. The molecule has 0 saturated heterocycles. The van der Waals surface area contributed by atoms with Gasteiger partial charge in [-0.1, -0.05) is 6.07 Å². The molecule has 0 aliphatic heterocycles. The molecule has 0 radical (unpaired) electrons. The lowest BCUT2D eigenvalue weighted by Crippen LogP contribution is -2.12. The summed E-state index contributed by atoms with van der Waals surface area (Å²) in [6.07, 6.45) is 5.85.